The van der Waals surface area contributed by atoms with Crippen molar-refractivity contribution in [2.75, 3.05) is 0 Å². The molecule has 23 heavy (non-hydrogen) atoms. The monoisotopic (exact) mass is 329 g/mol. The fourth-order valence-corrected chi connectivity index (χ4v) is 2.27. The lowest BCUT2D eigenvalue weighted by atomic mass is 10.1. The molecule has 1 heterocycles. The van der Waals surface area contributed by atoms with Crippen molar-refractivity contribution < 1.29 is 22.4 Å². The van der Waals surface area contributed by atoms with E-state index in [1.165, 1.54) is 0 Å². The molecule has 1 atom stereocenters. The van der Waals surface area contributed by atoms with Gasteiger partial charge in [0.2, 0.25) is 0 Å². The fourth-order valence-electron chi connectivity index (χ4n) is 2.27. The molecule has 0 radical (unpaired) electrons. The van der Waals surface area contributed by atoms with Crippen molar-refractivity contribution in [3.63, 3.8) is 0 Å². The molecule has 1 amide bonds. The highest BCUT2D eigenvalue weighted by atomic mass is 19.4. The Hall–Kier alpha value is -2.38. The summed E-state index contributed by atoms with van der Waals surface area (Å²) in [5, 5.41) is 6.61. The summed E-state index contributed by atoms with van der Waals surface area (Å²) in [7, 11) is 1.71. The molecule has 0 aliphatic heterocycles. The number of hydrogen-bond donors (Lipinski definition) is 1. The molecule has 0 saturated heterocycles. The average Bonchev–Trinajstić information content (AvgIpc) is 2.76. The van der Waals surface area contributed by atoms with Gasteiger partial charge in [-0.25, -0.2) is 4.39 Å². The van der Waals surface area contributed by atoms with Crippen LogP contribution in [0.4, 0.5) is 17.6 Å². The lowest BCUT2D eigenvalue weighted by molar-refractivity contribution is -0.137. The first-order valence-electron chi connectivity index (χ1n) is 6.77. The van der Waals surface area contributed by atoms with E-state index in [1.807, 2.05) is 0 Å². The second-order valence-electron chi connectivity index (χ2n) is 5.23. The van der Waals surface area contributed by atoms with E-state index in [0.717, 1.165) is 0 Å². The Labute approximate surface area is 130 Å². The molecule has 0 unspecified atom stereocenters. The summed E-state index contributed by atoms with van der Waals surface area (Å²) in [4.78, 5) is 12.1. The standard InChI is InChI=1S/C15H15F4N3O/c1-8(12-7-22(3)21-9(12)2)20-14(23)11-6-10(15(17,18)19)4-5-13(11)16/h4-8H,1-3H3,(H,20,23)/t8-/m1/s1. The van der Waals surface area contributed by atoms with Crippen LogP contribution < -0.4 is 5.32 Å². The van der Waals surface area contributed by atoms with Crippen molar-refractivity contribution in [1.29, 1.82) is 0 Å². The molecule has 2 aromatic rings. The first kappa shape index (κ1) is 17.0. The number of carbonyl (C=O) groups is 1. The summed E-state index contributed by atoms with van der Waals surface area (Å²) < 4.78 is 53.3. The first-order valence-corrected chi connectivity index (χ1v) is 6.77. The van der Waals surface area contributed by atoms with Gasteiger partial charge < -0.3 is 5.32 Å². The zero-order valence-corrected chi connectivity index (χ0v) is 12.7. The van der Waals surface area contributed by atoms with Gasteiger partial charge in [-0.1, -0.05) is 0 Å². The number of rotatable bonds is 3. The van der Waals surface area contributed by atoms with Crippen molar-refractivity contribution in [2.24, 2.45) is 7.05 Å². The second kappa shape index (κ2) is 6.02. The van der Waals surface area contributed by atoms with Gasteiger partial charge in [-0.2, -0.15) is 18.3 Å². The van der Waals surface area contributed by atoms with Crippen LogP contribution in [0.15, 0.2) is 24.4 Å². The maximum absolute atomic E-state index is 13.7. The van der Waals surface area contributed by atoms with Crippen LogP contribution >= 0.6 is 0 Å². The van der Waals surface area contributed by atoms with E-state index in [1.54, 1.807) is 31.8 Å². The third kappa shape index (κ3) is 3.69. The minimum Gasteiger partial charge on any atom is -0.345 e. The Bertz CT molecular complexity index is 737. The van der Waals surface area contributed by atoms with Crippen molar-refractivity contribution in [2.45, 2.75) is 26.1 Å². The van der Waals surface area contributed by atoms with Gasteiger partial charge in [0.25, 0.3) is 5.91 Å². The smallest absolute Gasteiger partial charge is 0.345 e. The van der Waals surface area contributed by atoms with Gasteiger partial charge in [0.05, 0.1) is 22.9 Å². The molecule has 0 aliphatic carbocycles. The number of aromatic nitrogens is 2. The number of nitrogens with zero attached hydrogens (tertiary/aromatic N) is 2. The van der Waals surface area contributed by atoms with Crippen LogP contribution in [-0.4, -0.2) is 15.7 Å². The molecule has 1 N–H and O–H groups in total. The van der Waals surface area contributed by atoms with Gasteiger partial charge in [0.1, 0.15) is 5.82 Å². The summed E-state index contributed by atoms with van der Waals surface area (Å²) in [6.07, 6.45) is -2.96. The predicted molar refractivity (Wildman–Crippen MR) is 75.2 cm³/mol. The summed E-state index contributed by atoms with van der Waals surface area (Å²) in [5.41, 5.74) is -0.347. The molecule has 8 heteroatoms. The number of aryl methyl sites for hydroxylation is 2. The fraction of sp³-hybridized carbons (Fsp3) is 0.333. The van der Waals surface area contributed by atoms with E-state index >= 15 is 0 Å². The number of alkyl halides is 3. The van der Waals surface area contributed by atoms with E-state index in [-0.39, 0.29) is 0 Å². The molecule has 0 saturated carbocycles. The summed E-state index contributed by atoms with van der Waals surface area (Å²) in [6.45, 7) is 3.39. The van der Waals surface area contributed by atoms with E-state index in [2.05, 4.69) is 10.4 Å². The summed E-state index contributed by atoms with van der Waals surface area (Å²) >= 11 is 0. The number of halogens is 4. The third-order valence-electron chi connectivity index (χ3n) is 3.40. The second-order valence-corrected chi connectivity index (χ2v) is 5.23. The zero-order chi connectivity index (χ0) is 17.4. The highest BCUT2D eigenvalue weighted by Gasteiger charge is 2.32. The Balaban J connectivity index is 2.25. The topological polar surface area (TPSA) is 46.9 Å². The van der Waals surface area contributed by atoms with Gasteiger partial charge in [0.15, 0.2) is 0 Å². The van der Waals surface area contributed by atoms with Gasteiger partial charge in [-0.15, -0.1) is 0 Å². The van der Waals surface area contributed by atoms with Crippen molar-refractivity contribution in [3.05, 3.63) is 52.6 Å². The van der Waals surface area contributed by atoms with Gasteiger partial charge in [0, 0.05) is 18.8 Å². The highest BCUT2D eigenvalue weighted by Crippen LogP contribution is 2.30. The lowest BCUT2D eigenvalue weighted by Crippen LogP contribution is -2.28. The summed E-state index contributed by atoms with van der Waals surface area (Å²) in [5.74, 6) is -1.92. The van der Waals surface area contributed by atoms with Crippen molar-refractivity contribution >= 4 is 5.91 Å². The van der Waals surface area contributed by atoms with Crippen molar-refractivity contribution in [1.82, 2.24) is 15.1 Å². The maximum atomic E-state index is 13.7. The van der Waals surface area contributed by atoms with Gasteiger partial charge >= 0.3 is 6.18 Å². The largest absolute Gasteiger partial charge is 0.416 e. The molecule has 2 rings (SSSR count). The molecule has 0 spiro atoms. The molecular formula is C15H15F4N3O. The van der Waals surface area contributed by atoms with E-state index in [9.17, 15) is 22.4 Å². The SMILES string of the molecule is Cc1nn(C)cc1[C@@H](C)NC(=O)c1cc(C(F)(F)F)ccc1F. The van der Waals surface area contributed by atoms with E-state index in [0.29, 0.717) is 29.5 Å². The number of nitrogens with one attached hydrogen (secondary N) is 1. The lowest BCUT2D eigenvalue weighted by Gasteiger charge is -2.15. The summed E-state index contributed by atoms with van der Waals surface area (Å²) in [6, 6.07) is 1.22. The number of benzene rings is 1. The Morgan fingerprint density at radius 3 is 2.52 bits per heavy atom. The maximum Gasteiger partial charge on any atom is 0.416 e. The van der Waals surface area contributed by atoms with Crippen molar-refractivity contribution in [3.8, 4) is 0 Å². The first-order chi connectivity index (χ1) is 10.6. The van der Waals surface area contributed by atoms with E-state index in [4.69, 9.17) is 0 Å². The minimum absolute atomic E-state index is 0.507. The molecule has 0 bridgehead atoms. The van der Waals surface area contributed by atoms with Crippen LogP contribution in [0.25, 0.3) is 0 Å². The van der Waals surface area contributed by atoms with Gasteiger partial charge in [-0.05, 0) is 32.0 Å². The number of carbonyl (C=O) groups excluding carboxylic acids is 1. The minimum atomic E-state index is -4.64. The number of hydrogen-bond acceptors (Lipinski definition) is 2. The molecular weight excluding hydrogens is 314 g/mol. The Morgan fingerprint density at radius 1 is 1.35 bits per heavy atom. The third-order valence-corrected chi connectivity index (χ3v) is 3.40. The van der Waals surface area contributed by atoms with Gasteiger partial charge in [-0.3, -0.25) is 9.48 Å². The van der Waals surface area contributed by atoms with Crippen LogP contribution in [0.1, 0.15) is 40.1 Å². The Morgan fingerprint density at radius 2 is 2.00 bits per heavy atom. The van der Waals surface area contributed by atoms with Crippen LogP contribution in [0.3, 0.4) is 0 Å². The molecule has 1 aromatic carbocycles. The van der Waals surface area contributed by atoms with E-state index < -0.39 is 35.1 Å². The van der Waals surface area contributed by atoms with Crippen LogP contribution in [0, 0.1) is 12.7 Å². The van der Waals surface area contributed by atoms with Crippen LogP contribution in [-0.2, 0) is 13.2 Å². The molecule has 0 fully saturated rings. The molecule has 1 aromatic heterocycles. The normalized spacial score (nSPS) is 13.0. The highest BCUT2D eigenvalue weighted by molar-refractivity contribution is 5.95. The van der Waals surface area contributed by atoms with Crippen LogP contribution in [0.2, 0.25) is 0 Å². The molecule has 124 valence electrons. The molecule has 4 nitrogen and oxygen atoms in total. The predicted octanol–water partition coefficient (Wildman–Crippen LogP) is 3.38. The van der Waals surface area contributed by atoms with Crippen LogP contribution in [0.5, 0.6) is 0 Å². The quantitative estimate of drug-likeness (QED) is 0.878. The number of amides is 1. The Kier molecular flexibility index (Phi) is 4.44. The zero-order valence-electron chi connectivity index (χ0n) is 12.7. The average molecular weight is 329 g/mol. The molecule has 0 aliphatic rings.